The van der Waals surface area contributed by atoms with Crippen LogP contribution in [-0.2, 0) is 0 Å². The minimum atomic E-state index is 0.233. The molecule has 1 rings (SSSR count). The van der Waals surface area contributed by atoms with Crippen LogP contribution in [0, 0.1) is 22.7 Å². The lowest BCUT2D eigenvalue weighted by Crippen LogP contribution is -2.17. The van der Waals surface area contributed by atoms with Gasteiger partial charge in [-0.1, -0.05) is 11.6 Å². The number of hydrogen-bond donors (Lipinski definition) is 0. The average molecular weight is 227 g/mol. The summed E-state index contributed by atoms with van der Waals surface area (Å²) in [5.74, 6) is 0. The molecule has 0 unspecified atom stereocenters. The number of nitriles is 2. The SMILES string of the molecule is CN(CCC#N)c1snc(Cl)c1C#N. The van der Waals surface area contributed by atoms with Gasteiger partial charge in [0.25, 0.3) is 0 Å². The first-order valence-corrected chi connectivity index (χ1v) is 4.99. The minimum Gasteiger partial charge on any atom is -0.363 e. The lowest BCUT2D eigenvalue weighted by Gasteiger charge is -2.14. The molecule has 0 aromatic carbocycles. The summed E-state index contributed by atoms with van der Waals surface area (Å²) in [4.78, 5) is 1.81. The van der Waals surface area contributed by atoms with Crippen molar-refractivity contribution in [2.24, 2.45) is 0 Å². The van der Waals surface area contributed by atoms with Crippen LogP contribution in [0.2, 0.25) is 5.15 Å². The van der Waals surface area contributed by atoms with Gasteiger partial charge in [-0.25, -0.2) is 0 Å². The van der Waals surface area contributed by atoms with Gasteiger partial charge in [-0.15, -0.1) is 0 Å². The van der Waals surface area contributed by atoms with Crippen molar-refractivity contribution in [2.75, 3.05) is 18.5 Å². The molecule has 0 spiro atoms. The fraction of sp³-hybridized carbons (Fsp3) is 0.375. The zero-order valence-corrected chi connectivity index (χ0v) is 9.06. The molecule has 1 heterocycles. The van der Waals surface area contributed by atoms with Crippen molar-refractivity contribution in [1.29, 1.82) is 10.5 Å². The molecule has 0 N–H and O–H groups in total. The van der Waals surface area contributed by atoms with Gasteiger partial charge in [0.15, 0.2) is 5.15 Å². The number of nitrogens with zero attached hydrogens (tertiary/aromatic N) is 4. The van der Waals surface area contributed by atoms with Crippen LogP contribution in [0.1, 0.15) is 12.0 Å². The molecule has 4 nitrogen and oxygen atoms in total. The number of halogens is 1. The molecule has 0 aliphatic carbocycles. The molecule has 0 aliphatic rings. The number of anilines is 1. The van der Waals surface area contributed by atoms with Crippen molar-refractivity contribution >= 4 is 28.1 Å². The molecular formula is C8H7ClN4S. The molecule has 0 amide bonds. The van der Waals surface area contributed by atoms with E-state index < -0.39 is 0 Å². The van der Waals surface area contributed by atoms with Gasteiger partial charge in [0.1, 0.15) is 16.6 Å². The van der Waals surface area contributed by atoms with Gasteiger partial charge in [0, 0.05) is 13.6 Å². The monoisotopic (exact) mass is 226 g/mol. The van der Waals surface area contributed by atoms with E-state index in [0.29, 0.717) is 23.5 Å². The lowest BCUT2D eigenvalue weighted by atomic mass is 10.3. The van der Waals surface area contributed by atoms with Crippen molar-refractivity contribution in [2.45, 2.75) is 6.42 Å². The van der Waals surface area contributed by atoms with E-state index in [4.69, 9.17) is 22.1 Å². The summed E-state index contributed by atoms with van der Waals surface area (Å²) >= 11 is 6.88. The maximum absolute atomic E-state index is 8.80. The van der Waals surface area contributed by atoms with E-state index in [2.05, 4.69) is 4.37 Å². The second-order valence-electron chi connectivity index (χ2n) is 2.60. The predicted molar refractivity (Wildman–Crippen MR) is 55.3 cm³/mol. The highest BCUT2D eigenvalue weighted by atomic mass is 35.5. The van der Waals surface area contributed by atoms with E-state index in [-0.39, 0.29) is 5.15 Å². The second-order valence-corrected chi connectivity index (χ2v) is 3.70. The first kappa shape index (κ1) is 10.8. The van der Waals surface area contributed by atoms with Crippen LogP contribution in [0.4, 0.5) is 5.00 Å². The van der Waals surface area contributed by atoms with Gasteiger partial charge in [-0.05, 0) is 11.5 Å². The van der Waals surface area contributed by atoms with Gasteiger partial charge < -0.3 is 4.90 Å². The molecule has 0 saturated heterocycles. The summed E-state index contributed by atoms with van der Waals surface area (Å²) in [6.07, 6.45) is 0.414. The summed E-state index contributed by atoms with van der Waals surface area (Å²) in [7, 11) is 1.81. The zero-order chi connectivity index (χ0) is 10.6. The molecule has 0 fully saturated rings. The molecule has 0 aliphatic heterocycles. The molecule has 0 saturated carbocycles. The zero-order valence-electron chi connectivity index (χ0n) is 7.49. The van der Waals surface area contributed by atoms with Crippen molar-refractivity contribution in [3.63, 3.8) is 0 Å². The largest absolute Gasteiger partial charge is 0.363 e. The van der Waals surface area contributed by atoms with Crippen LogP contribution in [0.15, 0.2) is 0 Å². The Bertz CT molecular complexity index is 400. The number of rotatable bonds is 3. The molecule has 6 heteroatoms. The van der Waals surface area contributed by atoms with Crippen LogP contribution in [0.25, 0.3) is 0 Å². The Labute approximate surface area is 91.1 Å². The van der Waals surface area contributed by atoms with Crippen LogP contribution < -0.4 is 4.90 Å². The Morgan fingerprint density at radius 2 is 2.29 bits per heavy atom. The van der Waals surface area contributed by atoms with Gasteiger partial charge in [-0.2, -0.15) is 14.9 Å². The normalized spacial score (nSPS) is 9.14. The summed E-state index contributed by atoms with van der Waals surface area (Å²) in [6, 6.07) is 4.03. The van der Waals surface area contributed by atoms with Gasteiger partial charge in [0.2, 0.25) is 0 Å². The highest BCUT2D eigenvalue weighted by Crippen LogP contribution is 2.30. The van der Waals surface area contributed by atoms with Gasteiger partial charge in [0.05, 0.1) is 12.5 Å². The van der Waals surface area contributed by atoms with E-state index in [9.17, 15) is 0 Å². The highest BCUT2D eigenvalue weighted by Gasteiger charge is 2.14. The maximum atomic E-state index is 8.80. The van der Waals surface area contributed by atoms with E-state index in [1.165, 1.54) is 11.5 Å². The van der Waals surface area contributed by atoms with Crippen molar-refractivity contribution in [1.82, 2.24) is 4.37 Å². The van der Waals surface area contributed by atoms with Crippen LogP contribution in [-0.4, -0.2) is 18.0 Å². The molecule has 1 aromatic rings. The Morgan fingerprint density at radius 3 is 2.86 bits per heavy atom. The van der Waals surface area contributed by atoms with Crippen molar-refractivity contribution < 1.29 is 0 Å². The third-order valence-corrected chi connectivity index (χ3v) is 2.99. The molecule has 72 valence electrons. The standard InChI is InChI=1S/C8H7ClN4S/c1-13(4-2-3-10)8-6(5-11)7(9)12-14-8/h2,4H2,1H3. The van der Waals surface area contributed by atoms with E-state index in [1.54, 1.807) is 0 Å². The Kier molecular flexibility index (Phi) is 3.70. The molecule has 0 atom stereocenters. The molecule has 14 heavy (non-hydrogen) atoms. The predicted octanol–water partition coefficient (Wildman–Crippen LogP) is 2.02. The topological polar surface area (TPSA) is 63.7 Å². The van der Waals surface area contributed by atoms with E-state index >= 15 is 0 Å². The van der Waals surface area contributed by atoms with Crippen LogP contribution in [0.3, 0.4) is 0 Å². The van der Waals surface area contributed by atoms with E-state index in [0.717, 1.165) is 0 Å². The first-order valence-electron chi connectivity index (χ1n) is 3.84. The fourth-order valence-corrected chi connectivity index (χ4v) is 1.95. The number of aromatic nitrogens is 1. The molecular weight excluding hydrogens is 220 g/mol. The smallest absolute Gasteiger partial charge is 0.162 e. The summed E-state index contributed by atoms with van der Waals surface area (Å²) in [5.41, 5.74) is 0.386. The van der Waals surface area contributed by atoms with Gasteiger partial charge in [-0.3, -0.25) is 0 Å². The number of hydrogen-bond acceptors (Lipinski definition) is 5. The third kappa shape index (κ3) is 2.14. The van der Waals surface area contributed by atoms with E-state index in [1.807, 2.05) is 24.1 Å². The quantitative estimate of drug-likeness (QED) is 0.791. The van der Waals surface area contributed by atoms with Crippen molar-refractivity contribution in [3.8, 4) is 12.1 Å². The maximum Gasteiger partial charge on any atom is 0.162 e. The fourth-order valence-electron chi connectivity index (χ4n) is 0.937. The molecule has 0 radical (unpaired) electrons. The summed E-state index contributed by atoms with van der Waals surface area (Å²) in [6.45, 7) is 0.573. The molecule has 0 bridgehead atoms. The van der Waals surface area contributed by atoms with Gasteiger partial charge >= 0.3 is 0 Å². The Morgan fingerprint density at radius 1 is 1.57 bits per heavy atom. The van der Waals surface area contributed by atoms with Crippen LogP contribution in [0.5, 0.6) is 0 Å². The lowest BCUT2D eigenvalue weighted by molar-refractivity contribution is 0.913. The Hall–Kier alpha value is -1.30. The minimum absolute atomic E-state index is 0.233. The third-order valence-electron chi connectivity index (χ3n) is 1.65. The first-order chi connectivity index (χ1) is 6.70. The second kappa shape index (κ2) is 4.80. The molecule has 1 aromatic heterocycles. The van der Waals surface area contributed by atoms with Crippen molar-refractivity contribution in [3.05, 3.63) is 10.7 Å². The van der Waals surface area contributed by atoms with Crippen LogP contribution >= 0.6 is 23.1 Å². The Balaban J connectivity index is 2.86. The average Bonchev–Trinajstić information content (AvgIpc) is 2.55. The highest BCUT2D eigenvalue weighted by molar-refractivity contribution is 7.10. The summed E-state index contributed by atoms with van der Waals surface area (Å²) < 4.78 is 3.88. The summed E-state index contributed by atoms with van der Waals surface area (Å²) in [5, 5.41) is 18.2.